The Hall–Kier alpha value is -5.87. The van der Waals surface area contributed by atoms with E-state index in [1.165, 1.54) is 43.4 Å². The highest BCUT2D eigenvalue weighted by Gasteiger charge is 2.38. The second-order valence-electron chi connectivity index (χ2n) is 12.5. The average molecular weight is 591 g/mol. The van der Waals surface area contributed by atoms with Gasteiger partial charge in [0.05, 0.1) is 11.4 Å². The van der Waals surface area contributed by atoms with Crippen LogP contribution in [0.2, 0.25) is 0 Å². The Morgan fingerprint density at radius 1 is 0.413 bits per heavy atom. The molecule has 0 fully saturated rings. The Labute approximate surface area is 267 Å². The monoisotopic (exact) mass is 590 g/mol. The first-order chi connectivity index (χ1) is 22.6. The van der Waals surface area contributed by atoms with Crippen LogP contribution >= 0.6 is 0 Å². The molecule has 2 heterocycles. The molecule has 0 amide bonds. The molecule has 218 valence electrons. The second-order valence-corrected chi connectivity index (χ2v) is 12.5. The summed E-state index contributed by atoms with van der Waals surface area (Å²) in [5, 5.41) is 7.50. The number of rotatable bonds is 3. The maximum Gasteiger partial charge on any atom is 0.238 e. The van der Waals surface area contributed by atoms with Gasteiger partial charge in [0.25, 0.3) is 0 Å². The zero-order chi connectivity index (χ0) is 30.8. The van der Waals surface area contributed by atoms with Gasteiger partial charge < -0.3 is 0 Å². The molecule has 46 heavy (non-hydrogen) atoms. The van der Waals surface area contributed by atoms with Gasteiger partial charge in [0.1, 0.15) is 0 Å². The third-order valence-corrected chi connectivity index (χ3v) is 9.48. The first kappa shape index (κ1) is 26.5. The van der Waals surface area contributed by atoms with Gasteiger partial charge in [0.15, 0.2) is 11.6 Å². The van der Waals surface area contributed by atoms with E-state index in [-0.39, 0.29) is 5.41 Å². The molecule has 0 unspecified atom stereocenters. The maximum absolute atomic E-state index is 5.19. The fourth-order valence-electron chi connectivity index (χ4n) is 7.21. The summed E-state index contributed by atoms with van der Waals surface area (Å²) in [4.78, 5) is 17.6. The number of aromatic nitrogens is 3. The summed E-state index contributed by atoms with van der Waals surface area (Å²) in [6, 6.07) is 51.3. The van der Waals surface area contributed by atoms with E-state index in [0.29, 0.717) is 17.6 Å². The van der Waals surface area contributed by atoms with Crippen molar-refractivity contribution in [3.63, 3.8) is 0 Å². The van der Waals surface area contributed by atoms with E-state index in [2.05, 4.69) is 128 Å². The third kappa shape index (κ3) is 3.97. The van der Waals surface area contributed by atoms with Crippen molar-refractivity contribution in [2.45, 2.75) is 19.3 Å². The summed E-state index contributed by atoms with van der Waals surface area (Å²) in [5.74, 6) is 1.89. The summed E-state index contributed by atoms with van der Waals surface area (Å²) in [7, 11) is 0. The van der Waals surface area contributed by atoms with E-state index in [9.17, 15) is 0 Å². The number of anilines is 3. The van der Waals surface area contributed by atoms with Gasteiger partial charge in [-0.2, -0.15) is 9.97 Å². The number of para-hydroxylation sites is 1. The lowest BCUT2D eigenvalue weighted by molar-refractivity contribution is 0.631. The molecule has 0 saturated heterocycles. The molecule has 1 aliphatic heterocycles. The lowest BCUT2D eigenvalue weighted by Crippen LogP contribution is -2.31. The van der Waals surface area contributed by atoms with E-state index < -0.39 is 0 Å². The SMILES string of the molecule is CC1(C)c2ccccc2N(c2nc(-c3ccccc3)nc(-c3ccccc3)n2)c2cc3c4ccccc4c4ccccc4c3cc21. The number of hydrogen-bond donors (Lipinski definition) is 0. The number of hydrogen-bond acceptors (Lipinski definition) is 4. The fraction of sp³-hybridized carbons (Fsp3) is 0.0714. The second kappa shape index (κ2) is 10.1. The van der Waals surface area contributed by atoms with E-state index in [4.69, 9.17) is 15.0 Å². The predicted octanol–water partition coefficient (Wildman–Crippen LogP) is 10.8. The smallest absolute Gasteiger partial charge is 0.238 e. The van der Waals surface area contributed by atoms with Crippen molar-refractivity contribution < 1.29 is 0 Å². The zero-order valence-electron chi connectivity index (χ0n) is 25.6. The molecule has 9 rings (SSSR count). The zero-order valence-corrected chi connectivity index (χ0v) is 25.6. The quantitative estimate of drug-likeness (QED) is 0.192. The number of fused-ring (bicyclic) bond motifs is 8. The third-order valence-electron chi connectivity index (χ3n) is 9.48. The van der Waals surface area contributed by atoms with Crippen molar-refractivity contribution in [1.29, 1.82) is 0 Å². The molecular formula is C42H30N4. The predicted molar refractivity (Wildman–Crippen MR) is 190 cm³/mol. The van der Waals surface area contributed by atoms with Gasteiger partial charge in [-0.25, -0.2) is 4.98 Å². The van der Waals surface area contributed by atoms with Crippen molar-refractivity contribution in [3.05, 3.63) is 157 Å². The minimum atomic E-state index is -0.263. The summed E-state index contributed by atoms with van der Waals surface area (Å²) >= 11 is 0. The van der Waals surface area contributed by atoms with Crippen molar-refractivity contribution in [3.8, 4) is 22.8 Å². The van der Waals surface area contributed by atoms with Gasteiger partial charge in [0, 0.05) is 16.5 Å². The normalized spacial score (nSPS) is 13.6. The topological polar surface area (TPSA) is 41.9 Å². The van der Waals surface area contributed by atoms with Gasteiger partial charge in [-0.05, 0) is 61.6 Å². The van der Waals surface area contributed by atoms with Crippen LogP contribution in [-0.2, 0) is 5.41 Å². The fourth-order valence-corrected chi connectivity index (χ4v) is 7.21. The molecule has 0 N–H and O–H groups in total. The molecule has 8 aromatic rings. The van der Waals surface area contributed by atoms with Crippen LogP contribution in [0.4, 0.5) is 17.3 Å². The van der Waals surface area contributed by atoms with Gasteiger partial charge in [-0.1, -0.05) is 141 Å². The van der Waals surface area contributed by atoms with Gasteiger partial charge >= 0.3 is 0 Å². The summed E-state index contributed by atoms with van der Waals surface area (Å²) in [5.41, 5.74) is 6.27. The van der Waals surface area contributed by atoms with E-state index >= 15 is 0 Å². The Kier molecular flexibility index (Phi) is 5.81. The first-order valence-electron chi connectivity index (χ1n) is 15.7. The van der Waals surface area contributed by atoms with Crippen LogP contribution in [-0.4, -0.2) is 15.0 Å². The van der Waals surface area contributed by atoms with Crippen molar-refractivity contribution >= 4 is 49.6 Å². The average Bonchev–Trinajstić information content (AvgIpc) is 3.12. The van der Waals surface area contributed by atoms with Gasteiger partial charge in [-0.15, -0.1) is 0 Å². The Balaban J connectivity index is 1.40. The Bertz CT molecular complexity index is 2390. The minimum Gasteiger partial charge on any atom is -0.278 e. The van der Waals surface area contributed by atoms with Gasteiger partial charge in [0.2, 0.25) is 5.95 Å². The maximum atomic E-state index is 5.19. The number of benzene rings is 7. The molecule has 7 aromatic carbocycles. The highest BCUT2D eigenvalue weighted by Crippen LogP contribution is 2.53. The molecule has 1 aliphatic rings. The van der Waals surface area contributed by atoms with Crippen LogP contribution in [0, 0.1) is 0 Å². The van der Waals surface area contributed by atoms with Crippen LogP contribution in [0.1, 0.15) is 25.0 Å². The Morgan fingerprint density at radius 3 is 1.43 bits per heavy atom. The molecule has 0 atom stereocenters. The molecule has 4 nitrogen and oxygen atoms in total. The van der Waals surface area contributed by atoms with Crippen LogP contribution in [0.5, 0.6) is 0 Å². The van der Waals surface area contributed by atoms with Crippen LogP contribution in [0.15, 0.2) is 146 Å². The van der Waals surface area contributed by atoms with Crippen LogP contribution in [0.3, 0.4) is 0 Å². The molecule has 0 spiro atoms. The Morgan fingerprint density at radius 2 is 0.870 bits per heavy atom. The van der Waals surface area contributed by atoms with Crippen LogP contribution in [0.25, 0.3) is 55.1 Å². The van der Waals surface area contributed by atoms with E-state index in [0.717, 1.165) is 22.5 Å². The molecule has 0 bridgehead atoms. The molecule has 0 radical (unpaired) electrons. The highest BCUT2D eigenvalue weighted by molar-refractivity contribution is 6.26. The molecule has 0 aliphatic carbocycles. The lowest BCUT2D eigenvalue weighted by atomic mass is 9.72. The molecule has 0 saturated carbocycles. The van der Waals surface area contributed by atoms with Gasteiger partial charge in [-0.3, -0.25) is 4.90 Å². The van der Waals surface area contributed by atoms with E-state index in [1.54, 1.807) is 0 Å². The lowest BCUT2D eigenvalue weighted by Gasteiger charge is -2.41. The molecule has 1 aromatic heterocycles. The van der Waals surface area contributed by atoms with E-state index in [1.807, 2.05) is 36.4 Å². The number of nitrogens with zero attached hydrogens (tertiary/aromatic N) is 4. The minimum absolute atomic E-state index is 0.263. The first-order valence-corrected chi connectivity index (χ1v) is 15.7. The summed E-state index contributed by atoms with van der Waals surface area (Å²) in [6.07, 6.45) is 0. The molecular weight excluding hydrogens is 560 g/mol. The summed E-state index contributed by atoms with van der Waals surface area (Å²) < 4.78 is 0. The highest BCUT2D eigenvalue weighted by atomic mass is 15.3. The standard InChI is InChI=1S/C42H30N4/c1-42(2)35-23-13-14-24-37(35)46(41-44-39(27-15-5-3-6-16-27)43-40(45-41)28-17-7-4-8-18-28)38-26-34-32-22-12-10-20-30(32)29-19-9-11-21-31(29)33(34)25-36(38)42/h3-26H,1-2H3. The van der Waals surface area contributed by atoms with Crippen LogP contribution < -0.4 is 4.90 Å². The largest absolute Gasteiger partial charge is 0.278 e. The van der Waals surface area contributed by atoms with Crippen molar-refractivity contribution in [1.82, 2.24) is 15.0 Å². The van der Waals surface area contributed by atoms with Crippen molar-refractivity contribution in [2.75, 3.05) is 4.90 Å². The molecule has 4 heteroatoms. The summed E-state index contributed by atoms with van der Waals surface area (Å²) in [6.45, 7) is 4.66. The van der Waals surface area contributed by atoms with Crippen molar-refractivity contribution in [2.24, 2.45) is 0 Å².